The van der Waals surface area contributed by atoms with E-state index in [1.165, 1.54) is 6.20 Å². The molecule has 0 fully saturated rings. The summed E-state index contributed by atoms with van der Waals surface area (Å²) in [6.07, 6.45) is 2.49. The normalized spacial score (nSPS) is 12.8. The zero-order chi connectivity index (χ0) is 19.6. The monoisotopic (exact) mass is 388 g/mol. The topological polar surface area (TPSA) is 157 Å². The molecular weight excluding hydrogens is 368 g/mol. The summed E-state index contributed by atoms with van der Waals surface area (Å²) in [5.74, 6) is -0.490. The predicted octanol–water partition coefficient (Wildman–Crippen LogP) is 0.508. The van der Waals surface area contributed by atoms with Gasteiger partial charge in [0.15, 0.2) is 5.69 Å². The summed E-state index contributed by atoms with van der Waals surface area (Å²) >= 11 is 0. The lowest BCUT2D eigenvalue weighted by molar-refractivity contribution is 0.0996. The van der Waals surface area contributed by atoms with Crippen LogP contribution in [0.25, 0.3) is 22.3 Å². The van der Waals surface area contributed by atoms with Crippen molar-refractivity contribution < 1.29 is 13.2 Å². The number of nitrogens with zero attached hydrogens (tertiary/aromatic N) is 2. The second-order valence-electron chi connectivity index (χ2n) is 6.32. The van der Waals surface area contributed by atoms with Crippen LogP contribution in [0.4, 0.5) is 5.82 Å². The molecule has 9 nitrogen and oxygen atoms in total. The number of benzene rings is 1. The number of hydrogen-bond acceptors (Lipinski definition) is 7. The van der Waals surface area contributed by atoms with Crippen LogP contribution in [0, 0.1) is 0 Å². The third-order valence-corrected chi connectivity index (χ3v) is 4.89. The molecule has 0 radical (unpaired) electrons. The first-order chi connectivity index (χ1) is 12.7. The van der Waals surface area contributed by atoms with Gasteiger partial charge in [0.25, 0.3) is 5.91 Å². The van der Waals surface area contributed by atoms with Gasteiger partial charge in [-0.1, -0.05) is 18.2 Å². The number of nitrogens with one attached hydrogen (secondary N) is 2. The van der Waals surface area contributed by atoms with Crippen molar-refractivity contribution in [2.24, 2.45) is 11.5 Å². The van der Waals surface area contributed by atoms with Crippen molar-refractivity contribution in [1.29, 1.82) is 0 Å². The van der Waals surface area contributed by atoms with Gasteiger partial charge in [-0.25, -0.2) is 18.4 Å². The molecular formula is C17H20N6O3S. The molecule has 2 heterocycles. The molecule has 27 heavy (non-hydrogen) atoms. The number of para-hydroxylation sites is 1. The Balaban J connectivity index is 1.90. The molecule has 0 aliphatic carbocycles. The Labute approximate surface area is 156 Å². The smallest absolute Gasteiger partial charge is 0.269 e. The molecule has 0 spiro atoms. The fraction of sp³-hybridized carbons (Fsp3) is 0.235. The van der Waals surface area contributed by atoms with Gasteiger partial charge >= 0.3 is 0 Å². The second-order valence-corrected chi connectivity index (χ2v) is 8.51. The zero-order valence-electron chi connectivity index (χ0n) is 14.6. The Morgan fingerprint density at radius 2 is 2.07 bits per heavy atom. The van der Waals surface area contributed by atoms with Gasteiger partial charge in [-0.3, -0.25) is 4.79 Å². The fourth-order valence-corrected chi connectivity index (χ4v) is 3.62. The largest absolute Gasteiger partial charge is 0.367 e. The molecule has 10 heteroatoms. The lowest BCUT2D eigenvalue weighted by Gasteiger charge is -2.13. The molecule has 0 bridgehead atoms. The van der Waals surface area contributed by atoms with Gasteiger partial charge in [0.2, 0.25) is 0 Å². The van der Waals surface area contributed by atoms with Crippen molar-refractivity contribution in [3.8, 4) is 11.4 Å². The summed E-state index contributed by atoms with van der Waals surface area (Å²) < 4.78 is 22.6. The quantitative estimate of drug-likeness (QED) is 0.459. The number of anilines is 1. The number of nitrogens with two attached hydrogens (primary N) is 2. The molecule has 1 unspecified atom stereocenters. The lowest BCUT2D eigenvalue weighted by atomic mass is 10.2. The van der Waals surface area contributed by atoms with Crippen molar-refractivity contribution in [2.75, 3.05) is 23.9 Å². The molecule has 6 N–H and O–H groups in total. The highest BCUT2D eigenvalue weighted by atomic mass is 32.2. The van der Waals surface area contributed by atoms with Crippen molar-refractivity contribution in [1.82, 2.24) is 15.0 Å². The van der Waals surface area contributed by atoms with Gasteiger partial charge < -0.3 is 21.8 Å². The summed E-state index contributed by atoms with van der Waals surface area (Å²) in [5.41, 5.74) is 13.1. The van der Waals surface area contributed by atoms with Crippen LogP contribution >= 0.6 is 0 Å². The Kier molecular flexibility index (Phi) is 5.10. The van der Waals surface area contributed by atoms with Crippen molar-refractivity contribution in [3.05, 3.63) is 42.2 Å². The van der Waals surface area contributed by atoms with Gasteiger partial charge in [-0.15, -0.1) is 0 Å². The summed E-state index contributed by atoms with van der Waals surface area (Å²) in [6.45, 7) is 0.184. The average molecular weight is 388 g/mol. The van der Waals surface area contributed by atoms with Gasteiger partial charge in [0, 0.05) is 29.7 Å². The van der Waals surface area contributed by atoms with Crippen LogP contribution in [-0.2, 0) is 9.84 Å². The Bertz CT molecular complexity index is 1060. The maximum absolute atomic E-state index is 11.7. The van der Waals surface area contributed by atoms with Gasteiger partial charge in [-0.05, 0) is 12.1 Å². The van der Waals surface area contributed by atoms with E-state index in [2.05, 4.69) is 20.3 Å². The van der Waals surface area contributed by atoms with Crippen molar-refractivity contribution in [2.45, 2.75) is 6.04 Å². The first kappa shape index (κ1) is 18.8. The van der Waals surface area contributed by atoms with E-state index in [1.54, 1.807) is 0 Å². The molecule has 0 aliphatic rings. The van der Waals surface area contributed by atoms with Gasteiger partial charge in [-0.2, -0.15) is 0 Å². The predicted molar refractivity (Wildman–Crippen MR) is 104 cm³/mol. The number of carbonyl (C=O) groups is 1. The van der Waals surface area contributed by atoms with Gasteiger partial charge in [0.05, 0.1) is 17.6 Å². The van der Waals surface area contributed by atoms with Crippen LogP contribution in [0.2, 0.25) is 0 Å². The molecule has 2 aromatic heterocycles. The van der Waals surface area contributed by atoms with Crippen LogP contribution in [0.5, 0.6) is 0 Å². The Morgan fingerprint density at radius 1 is 1.33 bits per heavy atom. The average Bonchev–Trinajstić information content (AvgIpc) is 3.02. The number of amides is 1. The highest BCUT2D eigenvalue weighted by molar-refractivity contribution is 7.90. The standard InChI is InChI=1S/C17H20N6O3S/c1-27(25,26)9-11(18)7-20-14-8-21-16(17(19)24)15(23-14)13-6-10-4-2-3-5-12(10)22-13/h2-6,8,11,22H,7,9,18H2,1H3,(H2,19,24)(H,20,23). The minimum atomic E-state index is -3.18. The maximum atomic E-state index is 11.7. The van der Waals surface area contributed by atoms with E-state index >= 15 is 0 Å². The highest BCUT2D eigenvalue weighted by Crippen LogP contribution is 2.25. The summed E-state index contributed by atoms with van der Waals surface area (Å²) in [5, 5.41) is 3.90. The first-order valence-electron chi connectivity index (χ1n) is 8.15. The summed E-state index contributed by atoms with van der Waals surface area (Å²) in [6, 6.07) is 8.88. The summed E-state index contributed by atoms with van der Waals surface area (Å²) in [4.78, 5) is 23.4. The number of hydrogen-bond donors (Lipinski definition) is 4. The molecule has 0 saturated heterocycles. The summed E-state index contributed by atoms with van der Waals surface area (Å²) in [7, 11) is -3.18. The zero-order valence-corrected chi connectivity index (χ0v) is 15.5. The minimum Gasteiger partial charge on any atom is -0.367 e. The van der Waals surface area contributed by atoms with E-state index in [0.29, 0.717) is 17.2 Å². The van der Waals surface area contributed by atoms with E-state index in [4.69, 9.17) is 11.5 Å². The molecule has 0 saturated carbocycles. The lowest BCUT2D eigenvalue weighted by Crippen LogP contribution is -2.36. The molecule has 3 aromatic rings. The van der Waals surface area contributed by atoms with Crippen LogP contribution in [-0.4, -0.2) is 53.9 Å². The molecule has 0 aliphatic heterocycles. The van der Waals surface area contributed by atoms with E-state index in [-0.39, 0.29) is 18.0 Å². The van der Waals surface area contributed by atoms with E-state index in [9.17, 15) is 13.2 Å². The van der Waals surface area contributed by atoms with Gasteiger partial charge in [0.1, 0.15) is 21.3 Å². The number of primary amides is 1. The minimum absolute atomic E-state index is 0.0348. The molecule has 142 valence electrons. The number of sulfone groups is 1. The molecule has 1 atom stereocenters. The third kappa shape index (κ3) is 4.60. The number of rotatable bonds is 7. The third-order valence-electron chi connectivity index (χ3n) is 3.85. The number of carbonyl (C=O) groups excluding carboxylic acids is 1. The second kappa shape index (κ2) is 7.33. The highest BCUT2D eigenvalue weighted by Gasteiger charge is 2.17. The molecule has 1 aromatic carbocycles. The first-order valence-corrected chi connectivity index (χ1v) is 10.2. The van der Waals surface area contributed by atoms with Crippen LogP contribution < -0.4 is 16.8 Å². The number of aromatic nitrogens is 3. The maximum Gasteiger partial charge on any atom is 0.269 e. The number of aromatic amines is 1. The number of H-pyrrole nitrogens is 1. The Hall–Kier alpha value is -2.98. The van der Waals surface area contributed by atoms with E-state index < -0.39 is 21.8 Å². The molecule has 1 amide bonds. The van der Waals surface area contributed by atoms with Crippen molar-refractivity contribution in [3.63, 3.8) is 0 Å². The van der Waals surface area contributed by atoms with Crippen LogP contribution in [0.1, 0.15) is 10.5 Å². The van der Waals surface area contributed by atoms with Crippen molar-refractivity contribution >= 4 is 32.5 Å². The molecule has 3 rings (SSSR count). The van der Waals surface area contributed by atoms with Crippen LogP contribution in [0.15, 0.2) is 36.5 Å². The van der Waals surface area contributed by atoms with E-state index in [0.717, 1.165) is 17.2 Å². The Morgan fingerprint density at radius 3 is 2.74 bits per heavy atom. The van der Waals surface area contributed by atoms with Crippen LogP contribution in [0.3, 0.4) is 0 Å². The van der Waals surface area contributed by atoms with E-state index in [1.807, 2.05) is 30.3 Å². The fourth-order valence-electron chi connectivity index (χ4n) is 2.73. The number of fused-ring (bicyclic) bond motifs is 1. The SMILES string of the molecule is CS(=O)(=O)CC(N)CNc1cnc(C(N)=O)c(-c2cc3ccccc3[nH]2)n1.